The van der Waals surface area contributed by atoms with Gasteiger partial charge in [-0.25, -0.2) is 8.78 Å². The van der Waals surface area contributed by atoms with Gasteiger partial charge in [-0.1, -0.05) is 22.0 Å². The Labute approximate surface area is 123 Å². The highest BCUT2D eigenvalue weighted by Gasteiger charge is 2.11. The predicted octanol–water partition coefficient (Wildman–Crippen LogP) is 4.51. The van der Waals surface area contributed by atoms with Gasteiger partial charge in [-0.05, 0) is 37.3 Å². The molecule has 2 rings (SSSR count). The lowest BCUT2D eigenvalue weighted by Gasteiger charge is -2.11. The summed E-state index contributed by atoms with van der Waals surface area (Å²) in [6, 6.07) is 7.99. The minimum absolute atomic E-state index is 0.146. The number of ether oxygens (including phenoxy) is 1. The Balaban J connectivity index is 2.20. The quantitative estimate of drug-likeness (QED) is 0.765. The summed E-state index contributed by atoms with van der Waals surface area (Å²) in [6.07, 6.45) is 0. The summed E-state index contributed by atoms with van der Waals surface area (Å²) in [6.45, 7) is 1.49. The van der Waals surface area contributed by atoms with Gasteiger partial charge in [0.15, 0.2) is 5.78 Å². The van der Waals surface area contributed by atoms with E-state index in [4.69, 9.17) is 4.74 Å². The Kier molecular flexibility index (Phi) is 4.49. The van der Waals surface area contributed by atoms with Crippen molar-refractivity contribution in [1.29, 1.82) is 0 Å². The molecule has 104 valence electrons. The zero-order chi connectivity index (χ0) is 14.7. The molecule has 0 unspecified atom stereocenters. The number of halogens is 3. The fourth-order valence-electron chi connectivity index (χ4n) is 1.70. The summed E-state index contributed by atoms with van der Waals surface area (Å²) in [5.74, 6) is -0.829. The molecule has 2 aromatic rings. The molecule has 0 heterocycles. The van der Waals surface area contributed by atoms with Crippen molar-refractivity contribution in [3.8, 4) is 5.75 Å². The van der Waals surface area contributed by atoms with E-state index in [2.05, 4.69) is 15.9 Å². The van der Waals surface area contributed by atoms with E-state index in [9.17, 15) is 13.6 Å². The summed E-state index contributed by atoms with van der Waals surface area (Å²) in [5, 5.41) is 0. The summed E-state index contributed by atoms with van der Waals surface area (Å²) in [4.78, 5) is 11.4. The maximum Gasteiger partial charge on any atom is 0.163 e. The van der Waals surface area contributed by atoms with Gasteiger partial charge in [-0.2, -0.15) is 0 Å². The molecule has 0 amide bonds. The van der Waals surface area contributed by atoms with Gasteiger partial charge in [-0.3, -0.25) is 4.79 Å². The second-order valence-corrected chi connectivity index (χ2v) is 5.08. The van der Waals surface area contributed by atoms with E-state index in [-0.39, 0.29) is 23.8 Å². The van der Waals surface area contributed by atoms with Crippen LogP contribution < -0.4 is 4.74 Å². The van der Waals surface area contributed by atoms with Gasteiger partial charge >= 0.3 is 0 Å². The first-order chi connectivity index (χ1) is 9.47. The Morgan fingerprint density at radius 1 is 1.15 bits per heavy atom. The van der Waals surface area contributed by atoms with Crippen LogP contribution >= 0.6 is 15.9 Å². The highest BCUT2D eigenvalue weighted by Crippen LogP contribution is 2.24. The molecule has 0 aliphatic carbocycles. The van der Waals surface area contributed by atoms with Gasteiger partial charge in [0, 0.05) is 10.0 Å². The molecule has 0 aliphatic rings. The first-order valence-electron chi connectivity index (χ1n) is 5.84. The largest absolute Gasteiger partial charge is 0.488 e. The van der Waals surface area contributed by atoms with E-state index < -0.39 is 5.82 Å². The lowest BCUT2D eigenvalue weighted by Crippen LogP contribution is -2.03. The normalized spacial score (nSPS) is 10.4. The van der Waals surface area contributed by atoms with Crippen LogP contribution in [-0.4, -0.2) is 5.78 Å². The van der Waals surface area contributed by atoms with Crippen LogP contribution in [0, 0.1) is 11.6 Å². The van der Waals surface area contributed by atoms with E-state index >= 15 is 0 Å². The minimum atomic E-state index is -0.495. The highest BCUT2D eigenvalue weighted by molar-refractivity contribution is 9.10. The molecule has 0 saturated heterocycles. The van der Waals surface area contributed by atoms with Crippen LogP contribution in [0.1, 0.15) is 22.8 Å². The van der Waals surface area contributed by atoms with Gasteiger partial charge < -0.3 is 4.74 Å². The number of hydrogen-bond acceptors (Lipinski definition) is 2. The Bertz CT molecular complexity index is 656. The zero-order valence-corrected chi connectivity index (χ0v) is 12.2. The first-order valence-corrected chi connectivity index (χ1v) is 6.64. The Morgan fingerprint density at radius 2 is 1.80 bits per heavy atom. The van der Waals surface area contributed by atoms with E-state index in [0.29, 0.717) is 10.2 Å². The van der Waals surface area contributed by atoms with E-state index in [1.54, 1.807) is 6.07 Å². The molecule has 0 radical (unpaired) electrons. The minimum Gasteiger partial charge on any atom is -0.488 e. The third-order valence-corrected chi connectivity index (χ3v) is 3.46. The van der Waals surface area contributed by atoms with Crippen molar-refractivity contribution >= 4 is 21.7 Å². The van der Waals surface area contributed by atoms with E-state index in [0.717, 1.165) is 11.6 Å². The number of ketones is 1. The van der Waals surface area contributed by atoms with Crippen molar-refractivity contribution < 1.29 is 18.3 Å². The van der Waals surface area contributed by atoms with Crippen molar-refractivity contribution in [1.82, 2.24) is 0 Å². The molecule has 2 nitrogen and oxygen atoms in total. The SMILES string of the molecule is CC(=O)c1cc(F)ccc1OCc1ccc(F)cc1Br. The summed E-state index contributed by atoms with van der Waals surface area (Å²) in [5.41, 5.74) is 0.911. The Morgan fingerprint density at radius 3 is 2.45 bits per heavy atom. The molecule has 0 aliphatic heterocycles. The smallest absolute Gasteiger partial charge is 0.163 e. The molecule has 20 heavy (non-hydrogen) atoms. The topological polar surface area (TPSA) is 26.3 Å². The number of Topliss-reactive ketones (excluding diaryl/α,β-unsaturated/α-hetero) is 1. The van der Waals surface area contributed by atoms with Crippen LogP contribution in [-0.2, 0) is 6.61 Å². The van der Waals surface area contributed by atoms with Crippen LogP contribution in [0.5, 0.6) is 5.75 Å². The summed E-state index contributed by atoms with van der Waals surface area (Å²) < 4.78 is 32.2. The molecule has 0 spiro atoms. The lowest BCUT2D eigenvalue weighted by atomic mass is 10.1. The molecule has 0 atom stereocenters. The lowest BCUT2D eigenvalue weighted by molar-refractivity contribution is 0.101. The average molecular weight is 341 g/mol. The number of hydrogen-bond donors (Lipinski definition) is 0. The summed E-state index contributed by atoms with van der Waals surface area (Å²) >= 11 is 3.23. The standard InChI is InChI=1S/C15H11BrF2O2/c1-9(19)13-6-11(17)4-5-15(13)20-8-10-2-3-12(18)7-14(10)16/h2-7H,8H2,1H3. The molecular weight excluding hydrogens is 330 g/mol. The molecular formula is C15H11BrF2O2. The average Bonchev–Trinajstić information content (AvgIpc) is 2.38. The predicted molar refractivity (Wildman–Crippen MR) is 74.8 cm³/mol. The van der Waals surface area contributed by atoms with Crippen LogP contribution in [0.4, 0.5) is 8.78 Å². The van der Waals surface area contributed by atoms with Crippen molar-refractivity contribution in [3.05, 3.63) is 63.6 Å². The van der Waals surface area contributed by atoms with Crippen molar-refractivity contribution in [2.45, 2.75) is 13.5 Å². The third-order valence-electron chi connectivity index (χ3n) is 2.72. The van der Waals surface area contributed by atoms with Gasteiger partial charge in [0.25, 0.3) is 0 Å². The summed E-state index contributed by atoms with van der Waals surface area (Å²) in [7, 11) is 0. The molecule has 0 N–H and O–H groups in total. The molecule has 0 fully saturated rings. The fraction of sp³-hybridized carbons (Fsp3) is 0.133. The van der Waals surface area contributed by atoms with Gasteiger partial charge in [0.05, 0.1) is 5.56 Å². The highest BCUT2D eigenvalue weighted by atomic mass is 79.9. The third kappa shape index (κ3) is 3.42. The van der Waals surface area contributed by atoms with Gasteiger partial charge in [0.2, 0.25) is 0 Å². The van der Waals surface area contributed by atoms with Crippen molar-refractivity contribution in [2.24, 2.45) is 0 Å². The Hall–Kier alpha value is -1.75. The number of carbonyl (C=O) groups excluding carboxylic acids is 1. The number of carbonyl (C=O) groups is 1. The monoisotopic (exact) mass is 340 g/mol. The van der Waals surface area contributed by atoms with Crippen LogP contribution in [0.3, 0.4) is 0 Å². The maximum absolute atomic E-state index is 13.1. The van der Waals surface area contributed by atoms with Crippen LogP contribution in [0.2, 0.25) is 0 Å². The van der Waals surface area contributed by atoms with E-state index in [1.165, 1.54) is 31.2 Å². The van der Waals surface area contributed by atoms with Crippen LogP contribution in [0.15, 0.2) is 40.9 Å². The number of benzene rings is 2. The molecule has 5 heteroatoms. The molecule has 2 aromatic carbocycles. The van der Waals surface area contributed by atoms with Crippen molar-refractivity contribution in [2.75, 3.05) is 0 Å². The molecule has 0 bridgehead atoms. The first kappa shape index (κ1) is 14.7. The second kappa shape index (κ2) is 6.13. The van der Waals surface area contributed by atoms with Crippen molar-refractivity contribution in [3.63, 3.8) is 0 Å². The maximum atomic E-state index is 13.1. The molecule has 0 aromatic heterocycles. The van der Waals surface area contributed by atoms with E-state index in [1.807, 2.05) is 0 Å². The van der Waals surface area contributed by atoms with Crippen LogP contribution in [0.25, 0.3) is 0 Å². The molecule has 0 saturated carbocycles. The van der Waals surface area contributed by atoms with Gasteiger partial charge in [0.1, 0.15) is 24.0 Å². The number of rotatable bonds is 4. The zero-order valence-electron chi connectivity index (χ0n) is 10.6. The fourth-order valence-corrected chi connectivity index (χ4v) is 2.16. The van der Waals surface area contributed by atoms with Gasteiger partial charge in [-0.15, -0.1) is 0 Å². The second-order valence-electron chi connectivity index (χ2n) is 4.22.